The zero-order valence-corrected chi connectivity index (χ0v) is 11.2. The summed E-state index contributed by atoms with van der Waals surface area (Å²) in [5, 5.41) is 13.2. The Morgan fingerprint density at radius 2 is 2.17 bits per heavy atom. The van der Waals surface area contributed by atoms with Gasteiger partial charge in [0.05, 0.1) is 0 Å². The van der Waals surface area contributed by atoms with E-state index in [2.05, 4.69) is 0 Å². The molecule has 0 spiro atoms. The number of aliphatic carboxylic acids is 1. The third-order valence-electron chi connectivity index (χ3n) is 3.36. The van der Waals surface area contributed by atoms with Gasteiger partial charge in [0.2, 0.25) is 15.9 Å². The SMILES string of the molecule is CC[C@H](C)[C@H](C(=O)O)N1CC(S(N)(=O)=O)CC1=O. The zero-order chi connectivity index (χ0) is 14.1. The Bertz CT molecular complexity index is 447. The Hall–Kier alpha value is -1.15. The number of primary sulfonamides is 1. The third-order valence-corrected chi connectivity index (χ3v) is 4.60. The fraction of sp³-hybridized carbons (Fsp3) is 0.800. The minimum Gasteiger partial charge on any atom is -0.480 e. The smallest absolute Gasteiger partial charge is 0.326 e. The molecule has 1 aliphatic rings. The number of likely N-dealkylation sites (tertiary alicyclic amines) is 1. The number of nitrogens with zero attached hydrogens (tertiary/aromatic N) is 1. The molecule has 8 heteroatoms. The molecule has 0 aromatic rings. The fourth-order valence-electron chi connectivity index (χ4n) is 2.09. The van der Waals surface area contributed by atoms with Crippen LogP contribution >= 0.6 is 0 Å². The summed E-state index contributed by atoms with van der Waals surface area (Å²) in [6.07, 6.45) is 0.347. The summed E-state index contributed by atoms with van der Waals surface area (Å²) in [6.45, 7) is 3.40. The topological polar surface area (TPSA) is 118 Å². The molecular weight excluding hydrogens is 260 g/mol. The van der Waals surface area contributed by atoms with E-state index >= 15 is 0 Å². The summed E-state index contributed by atoms with van der Waals surface area (Å²) in [5.41, 5.74) is 0. The minimum atomic E-state index is -3.82. The Labute approximate surface area is 106 Å². The molecule has 0 aromatic heterocycles. The van der Waals surface area contributed by atoms with Gasteiger partial charge in [0.15, 0.2) is 0 Å². The molecule has 104 valence electrons. The molecule has 1 heterocycles. The highest BCUT2D eigenvalue weighted by molar-refractivity contribution is 7.89. The van der Waals surface area contributed by atoms with Crippen LogP contribution in [0.25, 0.3) is 0 Å². The quantitative estimate of drug-likeness (QED) is 0.694. The molecule has 7 nitrogen and oxygen atoms in total. The molecule has 0 radical (unpaired) electrons. The molecule has 1 aliphatic heterocycles. The summed E-state index contributed by atoms with van der Waals surface area (Å²) in [6, 6.07) is -0.991. The van der Waals surface area contributed by atoms with Gasteiger partial charge in [-0.15, -0.1) is 0 Å². The van der Waals surface area contributed by atoms with E-state index in [1.165, 1.54) is 0 Å². The van der Waals surface area contributed by atoms with E-state index in [1.54, 1.807) is 6.92 Å². The number of sulfonamides is 1. The largest absolute Gasteiger partial charge is 0.480 e. The fourth-order valence-corrected chi connectivity index (χ4v) is 2.84. The first-order chi connectivity index (χ1) is 8.18. The van der Waals surface area contributed by atoms with Crippen molar-refractivity contribution in [3.05, 3.63) is 0 Å². The van der Waals surface area contributed by atoms with Crippen LogP contribution in [0.3, 0.4) is 0 Å². The van der Waals surface area contributed by atoms with Crippen LogP contribution in [0.15, 0.2) is 0 Å². The predicted octanol–water partition coefficient (Wildman–Crippen LogP) is -0.625. The molecular formula is C10H18N2O5S. The number of nitrogens with two attached hydrogens (primary N) is 1. The van der Waals surface area contributed by atoms with Crippen molar-refractivity contribution in [3.63, 3.8) is 0 Å². The maximum absolute atomic E-state index is 11.7. The standard InChI is InChI=1S/C10H18N2O5S/c1-3-6(2)9(10(14)15)12-5-7(4-8(12)13)18(11,16)17/h6-7,9H,3-5H2,1-2H3,(H,14,15)(H2,11,16,17)/t6-,7?,9+/m0/s1. The first-order valence-corrected chi connectivity index (χ1v) is 7.33. The maximum atomic E-state index is 11.7. The number of carbonyl (C=O) groups excluding carboxylic acids is 1. The van der Waals surface area contributed by atoms with Gasteiger partial charge in [0, 0.05) is 13.0 Å². The summed E-state index contributed by atoms with van der Waals surface area (Å²) < 4.78 is 22.4. The van der Waals surface area contributed by atoms with E-state index in [4.69, 9.17) is 10.2 Å². The van der Waals surface area contributed by atoms with Crippen molar-refractivity contribution >= 4 is 21.9 Å². The summed E-state index contributed by atoms with van der Waals surface area (Å²) >= 11 is 0. The van der Waals surface area contributed by atoms with Gasteiger partial charge < -0.3 is 10.0 Å². The van der Waals surface area contributed by atoms with Crippen LogP contribution in [0.2, 0.25) is 0 Å². The van der Waals surface area contributed by atoms with Gasteiger partial charge in [0.1, 0.15) is 11.3 Å². The first-order valence-electron chi connectivity index (χ1n) is 5.72. The van der Waals surface area contributed by atoms with E-state index < -0.39 is 33.2 Å². The van der Waals surface area contributed by atoms with E-state index in [0.717, 1.165) is 4.90 Å². The number of amides is 1. The van der Waals surface area contributed by atoms with Crippen molar-refractivity contribution in [3.8, 4) is 0 Å². The van der Waals surface area contributed by atoms with Crippen LogP contribution in [0.5, 0.6) is 0 Å². The molecule has 0 saturated carbocycles. The van der Waals surface area contributed by atoms with E-state index in [-0.39, 0.29) is 18.9 Å². The molecule has 1 rings (SSSR count). The molecule has 0 bridgehead atoms. The van der Waals surface area contributed by atoms with Gasteiger partial charge in [-0.05, 0) is 5.92 Å². The van der Waals surface area contributed by atoms with Crippen molar-refractivity contribution in [2.45, 2.75) is 38.0 Å². The lowest BCUT2D eigenvalue weighted by Crippen LogP contribution is -2.47. The molecule has 1 saturated heterocycles. The summed E-state index contributed by atoms with van der Waals surface area (Å²) in [5.74, 6) is -1.83. The van der Waals surface area contributed by atoms with Crippen LogP contribution < -0.4 is 5.14 Å². The number of rotatable bonds is 5. The van der Waals surface area contributed by atoms with Gasteiger partial charge in [-0.3, -0.25) is 4.79 Å². The molecule has 1 fully saturated rings. The average Bonchev–Trinajstić information content (AvgIpc) is 2.60. The second-order valence-electron chi connectivity index (χ2n) is 4.63. The van der Waals surface area contributed by atoms with E-state index in [0.29, 0.717) is 6.42 Å². The Balaban J connectivity index is 2.95. The predicted molar refractivity (Wildman–Crippen MR) is 64.1 cm³/mol. The molecule has 1 unspecified atom stereocenters. The molecule has 0 aromatic carbocycles. The molecule has 3 N–H and O–H groups in total. The van der Waals surface area contributed by atoms with E-state index in [9.17, 15) is 18.0 Å². The van der Waals surface area contributed by atoms with Crippen molar-refractivity contribution in [2.24, 2.45) is 11.1 Å². The van der Waals surface area contributed by atoms with Crippen LogP contribution in [0, 0.1) is 5.92 Å². The van der Waals surface area contributed by atoms with Crippen molar-refractivity contribution < 1.29 is 23.1 Å². The Kier molecular flexibility index (Phi) is 4.33. The zero-order valence-electron chi connectivity index (χ0n) is 10.4. The number of hydrogen-bond donors (Lipinski definition) is 2. The molecule has 1 amide bonds. The molecule has 3 atom stereocenters. The van der Waals surface area contributed by atoms with Crippen LogP contribution in [-0.2, 0) is 19.6 Å². The van der Waals surface area contributed by atoms with Crippen molar-refractivity contribution in [1.29, 1.82) is 0 Å². The van der Waals surface area contributed by atoms with Gasteiger partial charge in [-0.1, -0.05) is 20.3 Å². The number of carbonyl (C=O) groups is 2. The van der Waals surface area contributed by atoms with Crippen molar-refractivity contribution in [1.82, 2.24) is 4.90 Å². The van der Waals surface area contributed by atoms with Crippen molar-refractivity contribution in [2.75, 3.05) is 6.54 Å². The highest BCUT2D eigenvalue weighted by atomic mass is 32.2. The minimum absolute atomic E-state index is 0.140. The summed E-state index contributed by atoms with van der Waals surface area (Å²) in [4.78, 5) is 24.1. The maximum Gasteiger partial charge on any atom is 0.326 e. The third kappa shape index (κ3) is 2.99. The number of carboxylic acids is 1. The van der Waals surface area contributed by atoms with E-state index in [1.807, 2.05) is 6.92 Å². The lowest BCUT2D eigenvalue weighted by atomic mass is 9.98. The van der Waals surface area contributed by atoms with Gasteiger partial charge in [-0.2, -0.15) is 0 Å². The van der Waals surface area contributed by atoms with Gasteiger partial charge in [-0.25, -0.2) is 18.4 Å². The lowest BCUT2D eigenvalue weighted by Gasteiger charge is -2.28. The average molecular weight is 278 g/mol. The molecule has 18 heavy (non-hydrogen) atoms. The number of carboxylic acid groups (broad SMARTS) is 1. The van der Waals surface area contributed by atoms with Crippen LogP contribution in [0.4, 0.5) is 0 Å². The monoisotopic (exact) mass is 278 g/mol. The second kappa shape index (κ2) is 5.23. The summed E-state index contributed by atoms with van der Waals surface area (Å²) in [7, 11) is -3.82. The van der Waals surface area contributed by atoms with Gasteiger partial charge in [0.25, 0.3) is 0 Å². The van der Waals surface area contributed by atoms with Crippen LogP contribution in [0.1, 0.15) is 26.7 Å². The van der Waals surface area contributed by atoms with Gasteiger partial charge >= 0.3 is 5.97 Å². The molecule has 0 aliphatic carbocycles. The number of hydrogen-bond acceptors (Lipinski definition) is 4. The highest BCUT2D eigenvalue weighted by Crippen LogP contribution is 2.24. The first kappa shape index (κ1) is 14.9. The normalized spacial score (nSPS) is 24.1. The highest BCUT2D eigenvalue weighted by Gasteiger charge is 2.43. The Morgan fingerprint density at radius 3 is 2.50 bits per heavy atom. The lowest BCUT2D eigenvalue weighted by molar-refractivity contribution is -0.150. The van der Waals surface area contributed by atoms with Crippen LogP contribution in [-0.4, -0.2) is 48.1 Å². The second-order valence-corrected chi connectivity index (χ2v) is 6.47. The Morgan fingerprint density at radius 1 is 1.61 bits per heavy atom.